The van der Waals surface area contributed by atoms with Crippen LogP contribution in [0.3, 0.4) is 0 Å². The van der Waals surface area contributed by atoms with E-state index in [-0.39, 0.29) is 11.6 Å². The van der Waals surface area contributed by atoms with Crippen molar-refractivity contribution in [2.45, 2.75) is 6.54 Å². The fourth-order valence-electron chi connectivity index (χ4n) is 2.31. The zero-order chi connectivity index (χ0) is 20.7. The van der Waals surface area contributed by atoms with Gasteiger partial charge in [-0.05, 0) is 42.0 Å². The molecule has 28 heavy (non-hydrogen) atoms. The highest BCUT2D eigenvalue weighted by atomic mass is 19.1. The molecule has 4 N–H and O–H groups in total. The van der Waals surface area contributed by atoms with Gasteiger partial charge < -0.3 is 25.2 Å². The van der Waals surface area contributed by atoms with Crippen LogP contribution in [-0.4, -0.2) is 36.8 Å². The van der Waals surface area contributed by atoms with Crippen LogP contribution in [0, 0.1) is 5.82 Å². The highest BCUT2D eigenvalue weighted by Gasteiger charge is 2.08. The maximum Gasteiger partial charge on any atom is 0.414 e. The normalized spacial score (nSPS) is 9.93. The maximum atomic E-state index is 13.0. The summed E-state index contributed by atoms with van der Waals surface area (Å²) in [4.78, 5) is 22.5. The number of nitrogens with zero attached hydrogens (tertiary/aromatic N) is 2. The molecule has 0 aliphatic rings. The van der Waals surface area contributed by atoms with Gasteiger partial charge in [0, 0.05) is 19.2 Å². The Hall–Kier alpha value is -3.88. The van der Waals surface area contributed by atoms with Gasteiger partial charge in [-0.2, -0.15) is 0 Å². The predicted octanol–water partition coefficient (Wildman–Crippen LogP) is 2.70. The number of benzene rings is 2. The van der Waals surface area contributed by atoms with Gasteiger partial charge in [-0.1, -0.05) is 12.1 Å². The van der Waals surface area contributed by atoms with Crippen LogP contribution in [0.4, 0.5) is 10.3 Å². The summed E-state index contributed by atoms with van der Waals surface area (Å²) in [6.45, 7) is 0.558. The van der Waals surface area contributed by atoms with Crippen LogP contribution in [0.15, 0.2) is 54.7 Å². The summed E-state index contributed by atoms with van der Waals surface area (Å²) in [5.74, 6) is -2.95. The van der Waals surface area contributed by atoms with Gasteiger partial charge in [0.25, 0.3) is 0 Å². The van der Waals surface area contributed by atoms with Crippen LogP contribution < -0.4 is 5.32 Å². The van der Waals surface area contributed by atoms with E-state index in [1.807, 2.05) is 17.7 Å². The molecular formula is C19H18FN3O5. The first-order valence-corrected chi connectivity index (χ1v) is 8.03. The number of anilines is 1. The Morgan fingerprint density at radius 1 is 1.11 bits per heavy atom. The first-order valence-electron chi connectivity index (χ1n) is 8.03. The van der Waals surface area contributed by atoms with E-state index in [1.165, 1.54) is 12.1 Å². The maximum absolute atomic E-state index is 13.0. The summed E-state index contributed by atoms with van der Waals surface area (Å²) in [6.07, 6.45) is 1.75. The van der Waals surface area contributed by atoms with Gasteiger partial charge in [0.15, 0.2) is 0 Å². The monoisotopic (exact) mass is 387 g/mol. The molecule has 0 saturated carbocycles. The fraction of sp³-hybridized carbons (Fsp3) is 0.105. The minimum atomic E-state index is -1.82. The lowest BCUT2D eigenvalue weighted by molar-refractivity contribution is -0.159. The van der Waals surface area contributed by atoms with E-state index in [2.05, 4.69) is 10.3 Å². The van der Waals surface area contributed by atoms with E-state index in [0.29, 0.717) is 12.5 Å². The molecule has 0 amide bonds. The summed E-state index contributed by atoms with van der Waals surface area (Å²) in [5.41, 5.74) is 2.77. The lowest BCUT2D eigenvalue weighted by atomic mass is 10.2. The Kier molecular flexibility index (Phi) is 6.69. The van der Waals surface area contributed by atoms with Gasteiger partial charge in [-0.15, -0.1) is 0 Å². The summed E-state index contributed by atoms with van der Waals surface area (Å²) in [7, 11) is 1.90. The predicted molar refractivity (Wildman–Crippen MR) is 99.3 cm³/mol. The largest absolute Gasteiger partial charge is 0.508 e. The van der Waals surface area contributed by atoms with Crippen molar-refractivity contribution in [3.05, 3.63) is 66.1 Å². The van der Waals surface area contributed by atoms with Crippen LogP contribution >= 0.6 is 0 Å². The molecule has 0 bridgehead atoms. The summed E-state index contributed by atoms with van der Waals surface area (Å²) in [6, 6.07) is 13.4. The zero-order valence-corrected chi connectivity index (χ0v) is 14.8. The second-order valence-corrected chi connectivity index (χ2v) is 5.67. The first-order chi connectivity index (χ1) is 13.3. The second kappa shape index (κ2) is 9.17. The van der Waals surface area contributed by atoms with E-state index in [1.54, 1.807) is 36.5 Å². The lowest BCUT2D eigenvalue weighted by Gasteiger charge is -2.09. The molecule has 2 aromatic carbocycles. The third-order valence-corrected chi connectivity index (χ3v) is 3.67. The highest BCUT2D eigenvalue weighted by Crippen LogP contribution is 2.22. The number of phenolic OH excluding ortho intramolecular Hbond substituents is 1. The number of hydrogen-bond acceptors (Lipinski definition) is 5. The van der Waals surface area contributed by atoms with Gasteiger partial charge in [0.2, 0.25) is 5.95 Å². The third kappa shape index (κ3) is 5.56. The molecule has 0 fully saturated rings. The summed E-state index contributed by atoms with van der Waals surface area (Å²) in [5, 5.41) is 27.5. The van der Waals surface area contributed by atoms with Crippen LogP contribution in [0.5, 0.6) is 5.75 Å². The number of phenols is 1. The number of imidazole rings is 1. The average molecular weight is 387 g/mol. The first kappa shape index (κ1) is 20.4. The van der Waals surface area contributed by atoms with Crippen LogP contribution in [0.1, 0.15) is 5.56 Å². The topological polar surface area (TPSA) is 125 Å². The molecular weight excluding hydrogens is 369 g/mol. The number of carboxylic acid groups (broad SMARTS) is 2. The molecule has 0 radical (unpaired) electrons. The molecule has 9 heteroatoms. The minimum absolute atomic E-state index is 0.242. The molecule has 0 spiro atoms. The van der Waals surface area contributed by atoms with Gasteiger partial charge in [0.05, 0.1) is 11.9 Å². The number of aromatic nitrogens is 2. The van der Waals surface area contributed by atoms with E-state index < -0.39 is 11.9 Å². The van der Waals surface area contributed by atoms with Crippen molar-refractivity contribution < 1.29 is 29.3 Å². The third-order valence-electron chi connectivity index (χ3n) is 3.67. The Morgan fingerprint density at radius 2 is 1.75 bits per heavy atom. The number of carboxylic acids is 2. The molecule has 1 heterocycles. The molecule has 0 aliphatic carbocycles. The van der Waals surface area contributed by atoms with Crippen molar-refractivity contribution in [2.75, 3.05) is 5.32 Å². The van der Waals surface area contributed by atoms with E-state index in [4.69, 9.17) is 19.8 Å². The standard InChI is InChI=1S/C17H16FN3O.C2H2O4/c1-21-16(13-5-7-14(18)8-6-13)11-20-17(21)19-10-12-3-2-4-15(22)9-12;3-1(4)2(5)6/h2-9,11,22H,10H2,1H3,(H,19,20);(H,3,4)(H,5,6). The molecule has 0 atom stereocenters. The van der Waals surface area contributed by atoms with Crippen molar-refractivity contribution in [2.24, 2.45) is 7.05 Å². The van der Waals surface area contributed by atoms with Gasteiger partial charge in [0.1, 0.15) is 11.6 Å². The van der Waals surface area contributed by atoms with Crippen LogP contribution in [0.25, 0.3) is 11.3 Å². The molecule has 1 aromatic heterocycles. The Bertz CT molecular complexity index is 958. The van der Waals surface area contributed by atoms with Crippen molar-refractivity contribution in [1.29, 1.82) is 0 Å². The molecule has 146 valence electrons. The number of aliphatic carboxylic acids is 2. The van der Waals surface area contributed by atoms with E-state index in [0.717, 1.165) is 16.8 Å². The number of hydrogen-bond donors (Lipinski definition) is 4. The number of halogens is 1. The molecule has 0 unspecified atom stereocenters. The van der Waals surface area contributed by atoms with Gasteiger partial charge in [-0.3, -0.25) is 0 Å². The quantitative estimate of drug-likeness (QED) is 0.507. The number of aromatic hydroxyl groups is 1. The van der Waals surface area contributed by atoms with Crippen LogP contribution in [-0.2, 0) is 23.2 Å². The minimum Gasteiger partial charge on any atom is -0.508 e. The Morgan fingerprint density at radius 3 is 2.32 bits per heavy atom. The molecule has 3 aromatic rings. The number of rotatable bonds is 4. The van der Waals surface area contributed by atoms with Crippen LogP contribution in [0.2, 0.25) is 0 Å². The highest BCUT2D eigenvalue weighted by molar-refractivity contribution is 6.27. The molecule has 8 nitrogen and oxygen atoms in total. The second-order valence-electron chi connectivity index (χ2n) is 5.67. The smallest absolute Gasteiger partial charge is 0.414 e. The summed E-state index contributed by atoms with van der Waals surface area (Å²) < 4.78 is 14.9. The average Bonchev–Trinajstić information content (AvgIpc) is 3.02. The van der Waals surface area contributed by atoms with Crippen molar-refractivity contribution in [3.63, 3.8) is 0 Å². The molecule has 0 aliphatic heterocycles. The number of carbonyl (C=O) groups is 2. The number of nitrogens with one attached hydrogen (secondary N) is 1. The van der Waals surface area contributed by atoms with Gasteiger partial charge in [-0.25, -0.2) is 19.0 Å². The zero-order valence-electron chi connectivity index (χ0n) is 14.8. The Labute approximate surface area is 159 Å². The van der Waals surface area contributed by atoms with Crippen molar-refractivity contribution in [3.8, 4) is 17.0 Å². The Balaban J connectivity index is 0.000000409. The fourth-order valence-corrected chi connectivity index (χ4v) is 2.31. The molecule has 3 rings (SSSR count). The SMILES string of the molecule is Cn1c(-c2ccc(F)cc2)cnc1NCc1cccc(O)c1.O=C(O)C(=O)O. The molecule has 0 saturated heterocycles. The lowest BCUT2D eigenvalue weighted by Crippen LogP contribution is -2.09. The van der Waals surface area contributed by atoms with Gasteiger partial charge >= 0.3 is 11.9 Å². The summed E-state index contributed by atoms with van der Waals surface area (Å²) >= 11 is 0. The van der Waals surface area contributed by atoms with Crippen molar-refractivity contribution in [1.82, 2.24) is 9.55 Å². The van der Waals surface area contributed by atoms with E-state index in [9.17, 15) is 9.50 Å². The van der Waals surface area contributed by atoms with E-state index >= 15 is 0 Å². The van der Waals surface area contributed by atoms with Crippen molar-refractivity contribution >= 4 is 17.9 Å².